The molecule has 2 aromatic rings. The second-order valence-corrected chi connectivity index (χ2v) is 6.11. The van der Waals surface area contributed by atoms with Crippen LogP contribution in [0.5, 0.6) is 0 Å². The predicted octanol–water partition coefficient (Wildman–Crippen LogP) is 3.81. The third-order valence-electron chi connectivity index (χ3n) is 3.99. The molecule has 0 fully saturated rings. The third kappa shape index (κ3) is 3.08. The first-order valence-electron chi connectivity index (χ1n) is 7.44. The van der Waals surface area contributed by atoms with Gasteiger partial charge >= 0.3 is 0 Å². The Morgan fingerprint density at radius 3 is 2.65 bits per heavy atom. The second kappa shape index (κ2) is 6.05. The molecule has 0 spiro atoms. The van der Waals surface area contributed by atoms with E-state index in [1.165, 1.54) is 0 Å². The highest BCUT2D eigenvalue weighted by Gasteiger charge is 2.23. The van der Waals surface area contributed by atoms with Crippen molar-refractivity contribution in [3.05, 3.63) is 58.1 Å². The van der Waals surface area contributed by atoms with Gasteiger partial charge in [0.05, 0.1) is 10.7 Å². The molecule has 1 aliphatic heterocycles. The number of halogens is 1. The number of aryl methyl sites for hydroxylation is 1. The maximum absolute atomic E-state index is 12.4. The van der Waals surface area contributed by atoms with Crippen molar-refractivity contribution < 1.29 is 9.59 Å². The second-order valence-electron chi connectivity index (χ2n) is 5.70. The van der Waals surface area contributed by atoms with Gasteiger partial charge < -0.3 is 10.2 Å². The number of fused-ring (bicyclic) bond motifs is 1. The number of benzene rings is 2. The van der Waals surface area contributed by atoms with E-state index < -0.39 is 0 Å². The van der Waals surface area contributed by atoms with Crippen LogP contribution in [0, 0.1) is 6.92 Å². The Bertz CT molecular complexity index is 802. The van der Waals surface area contributed by atoms with Gasteiger partial charge in [-0.05, 0) is 54.8 Å². The minimum atomic E-state index is -0.208. The molecule has 0 unspecified atom stereocenters. The predicted molar refractivity (Wildman–Crippen MR) is 92.3 cm³/mol. The van der Waals surface area contributed by atoms with Crippen LogP contribution in [0.25, 0.3) is 0 Å². The molecule has 0 bridgehead atoms. The van der Waals surface area contributed by atoms with Crippen molar-refractivity contribution >= 4 is 34.8 Å². The average Bonchev–Trinajstić information content (AvgIpc) is 2.93. The number of nitrogens with one attached hydrogen (secondary N) is 1. The van der Waals surface area contributed by atoms with Gasteiger partial charge in [-0.2, -0.15) is 0 Å². The Labute approximate surface area is 140 Å². The summed E-state index contributed by atoms with van der Waals surface area (Å²) in [4.78, 5) is 25.7. The van der Waals surface area contributed by atoms with Crippen LogP contribution in [0.3, 0.4) is 0 Å². The zero-order chi connectivity index (χ0) is 16.6. The molecule has 0 aromatic heterocycles. The van der Waals surface area contributed by atoms with Crippen LogP contribution >= 0.6 is 11.6 Å². The molecule has 3 rings (SSSR count). The topological polar surface area (TPSA) is 49.4 Å². The van der Waals surface area contributed by atoms with Gasteiger partial charge in [0, 0.05) is 24.7 Å². The minimum absolute atomic E-state index is 0.0207. The lowest BCUT2D eigenvalue weighted by Crippen LogP contribution is -2.25. The number of hydrogen-bond donors (Lipinski definition) is 1. The van der Waals surface area contributed by atoms with Crippen molar-refractivity contribution in [1.29, 1.82) is 0 Å². The summed E-state index contributed by atoms with van der Waals surface area (Å²) in [6.45, 7) is 4.16. The van der Waals surface area contributed by atoms with Crippen LogP contribution in [-0.2, 0) is 11.2 Å². The van der Waals surface area contributed by atoms with E-state index >= 15 is 0 Å². The quantitative estimate of drug-likeness (QED) is 0.911. The highest BCUT2D eigenvalue weighted by atomic mass is 35.5. The number of carbonyl (C=O) groups is 2. The summed E-state index contributed by atoms with van der Waals surface area (Å²) < 4.78 is 0. The summed E-state index contributed by atoms with van der Waals surface area (Å²) in [6, 6.07) is 10.9. The van der Waals surface area contributed by atoms with E-state index in [-0.39, 0.29) is 11.8 Å². The summed E-state index contributed by atoms with van der Waals surface area (Å²) in [5.74, 6) is -0.188. The molecule has 1 heterocycles. The molecule has 1 aliphatic rings. The van der Waals surface area contributed by atoms with E-state index in [1.54, 1.807) is 24.0 Å². The Morgan fingerprint density at radius 1 is 1.17 bits per heavy atom. The van der Waals surface area contributed by atoms with E-state index in [1.807, 2.05) is 31.2 Å². The van der Waals surface area contributed by atoms with Crippen molar-refractivity contribution in [3.8, 4) is 0 Å². The Balaban J connectivity index is 1.82. The number of rotatable bonds is 2. The van der Waals surface area contributed by atoms with Gasteiger partial charge in [-0.25, -0.2) is 0 Å². The van der Waals surface area contributed by atoms with Crippen LogP contribution in [-0.4, -0.2) is 18.4 Å². The van der Waals surface area contributed by atoms with Gasteiger partial charge in [-0.15, -0.1) is 0 Å². The number of nitrogens with zero attached hydrogens (tertiary/aromatic N) is 1. The Morgan fingerprint density at radius 2 is 1.96 bits per heavy atom. The molecule has 0 atom stereocenters. The lowest BCUT2D eigenvalue weighted by Gasteiger charge is -2.15. The van der Waals surface area contributed by atoms with E-state index in [9.17, 15) is 9.59 Å². The largest absolute Gasteiger partial charge is 0.321 e. The number of carbonyl (C=O) groups excluding carboxylic acids is 2. The molecule has 2 aromatic carbocycles. The lowest BCUT2D eigenvalue weighted by atomic mass is 10.1. The number of anilines is 2. The molecule has 0 saturated heterocycles. The van der Waals surface area contributed by atoms with Crippen molar-refractivity contribution in [2.45, 2.75) is 20.3 Å². The smallest absolute Gasteiger partial charge is 0.255 e. The van der Waals surface area contributed by atoms with Gasteiger partial charge in [0.25, 0.3) is 5.91 Å². The fourth-order valence-corrected chi connectivity index (χ4v) is 3.07. The summed E-state index contributed by atoms with van der Waals surface area (Å²) in [7, 11) is 0. The standard InChI is InChI=1S/C18H17ClN2O2/c1-11-3-5-16(15(19)9-11)20-18(23)14-4-6-17-13(10-14)7-8-21(17)12(2)22/h3-6,9-10H,7-8H2,1-2H3,(H,20,23). The Hall–Kier alpha value is -2.33. The molecular weight excluding hydrogens is 312 g/mol. The SMILES string of the molecule is CC(=O)N1CCc2cc(C(=O)Nc3ccc(C)cc3Cl)ccc21. The fourth-order valence-electron chi connectivity index (χ4n) is 2.79. The maximum atomic E-state index is 12.4. The van der Waals surface area contributed by atoms with Gasteiger partial charge in [0.2, 0.25) is 5.91 Å². The van der Waals surface area contributed by atoms with E-state index in [0.29, 0.717) is 22.8 Å². The van der Waals surface area contributed by atoms with Crippen molar-refractivity contribution in [2.75, 3.05) is 16.8 Å². The number of hydrogen-bond acceptors (Lipinski definition) is 2. The first kappa shape index (κ1) is 15.6. The molecule has 23 heavy (non-hydrogen) atoms. The first-order valence-corrected chi connectivity index (χ1v) is 7.82. The molecule has 0 saturated carbocycles. The molecule has 0 radical (unpaired) electrons. The van der Waals surface area contributed by atoms with Gasteiger partial charge in [-0.1, -0.05) is 17.7 Å². The fraction of sp³-hybridized carbons (Fsp3) is 0.222. The van der Waals surface area contributed by atoms with Crippen molar-refractivity contribution in [2.24, 2.45) is 0 Å². The molecule has 2 amide bonds. The van der Waals surface area contributed by atoms with Gasteiger partial charge in [0.1, 0.15) is 0 Å². The van der Waals surface area contributed by atoms with Gasteiger partial charge in [0.15, 0.2) is 0 Å². The van der Waals surface area contributed by atoms with Crippen LogP contribution in [0.1, 0.15) is 28.4 Å². The molecule has 4 nitrogen and oxygen atoms in total. The van der Waals surface area contributed by atoms with Gasteiger partial charge in [-0.3, -0.25) is 9.59 Å². The van der Waals surface area contributed by atoms with Crippen molar-refractivity contribution in [1.82, 2.24) is 0 Å². The molecular formula is C18H17ClN2O2. The zero-order valence-electron chi connectivity index (χ0n) is 13.0. The third-order valence-corrected chi connectivity index (χ3v) is 4.30. The van der Waals surface area contributed by atoms with Crippen LogP contribution in [0.2, 0.25) is 5.02 Å². The normalized spacial score (nSPS) is 12.9. The Kier molecular flexibility index (Phi) is 4.09. The van der Waals surface area contributed by atoms with Crippen LogP contribution in [0.15, 0.2) is 36.4 Å². The molecule has 1 N–H and O–H groups in total. The maximum Gasteiger partial charge on any atom is 0.255 e. The summed E-state index contributed by atoms with van der Waals surface area (Å²) in [5, 5.41) is 3.34. The highest BCUT2D eigenvalue weighted by Crippen LogP contribution is 2.29. The van der Waals surface area contributed by atoms with E-state index in [0.717, 1.165) is 23.2 Å². The van der Waals surface area contributed by atoms with E-state index in [2.05, 4.69) is 5.32 Å². The lowest BCUT2D eigenvalue weighted by molar-refractivity contribution is -0.116. The zero-order valence-corrected chi connectivity index (χ0v) is 13.8. The first-order chi connectivity index (χ1) is 11.0. The van der Waals surface area contributed by atoms with Crippen molar-refractivity contribution in [3.63, 3.8) is 0 Å². The molecule has 0 aliphatic carbocycles. The monoisotopic (exact) mass is 328 g/mol. The summed E-state index contributed by atoms with van der Waals surface area (Å²) in [5.41, 5.74) is 4.10. The summed E-state index contributed by atoms with van der Waals surface area (Å²) >= 11 is 6.15. The average molecular weight is 329 g/mol. The molecule has 5 heteroatoms. The van der Waals surface area contributed by atoms with Crippen LogP contribution < -0.4 is 10.2 Å². The summed E-state index contributed by atoms with van der Waals surface area (Å²) in [6.07, 6.45) is 0.765. The minimum Gasteiger partial charge on any atom is -0.321 e. The molecule has 118 valence electrons. The van der Waals surface area contributed by atoms with Crippen LogP contribution in [0.4, 0.5) is 11.4 Å². The van der Waals surface area contributed by atoms with E-state index in [4.69, 9.17) is 11.6 Å². The highest BCUT2D eigenvalue weighted by molar-refractivity contribution is 6.34. The number of amides is 2.